The monoisotopic (exact) mass is 220 g/mol. The quantitative estimate of drug-likeness (QED) is 0.777. The first-order valence-corrected chi connectivity index (χ1v) is 6.34. The molecule has 1 heteroatoms. The molecule has 0 spiro atoms. The molecule has 0 heterocycles. The fourth-order valence-electron chi connectivity index (χ4n) is 2.26. The minimum Gasteiger partial charge on any atom is -0.396 e. The van der Waals surface area contributed by atoms with Crippen molar-refractivity contribution in [2.24, 2.45) is 11.8 Å². The summed E-state index contributed by atoms with van der Waals surface area (Å²) in [6.07, 6.45) is 3.41. The van der Waals surface area contributed by atoms with Gasteiger partial charge in [-0.3, -0.25) is 0 Å². The maximum absolute atomic E-state index is 9.48. The molecule has 1 aromatic carbocycles. The zero-order valence-corrected chi connectivity index (χ0v) is 10.7. The summed E-state index contributed by atoms with van der Waals surface area (Å²) in [5.41, 5.74) is 2.72. The second kappa shape index (κ2) is 6.70. The normalized spacial score (nSPS) is 14.8. The van der Waals surface area contributed by atoms with Crippen molar-refractivity contribution in [1.82, 2.24) is 0 Å². The maximum atomic E-state index is 9.48. The van der Waals surface area contributed by atoms with E-state index in [1.165, 1.54) is 24.0 Å². The summed E-state index contributed by atoms with van der Waals surface area (Å²) in [4.78, 5) is 0. The summed E-state index contributed by atoms with van der Waals surface area (Å²) >= 11 is 0. The van der Waals surface area contributed by atoms with E-state index < -0.39 is 0 Å². The topological polar surface area (TPSA) is 20.2 Å². The van der Waals surface area contributed by atoms with E-state index in [9.17, 15) is 5.11 Å². The first-order chi connectivity index (χ1) is 7.69. The third-order valence-corrected chi connectivity index (χ3v) is 3.53. The van der Waals surface area contributed by atoms with Crippen LogP contribution in [0.5, 0.6) is 0 Å². The lowest BCUT2D eigenvalue weighted by Gasteiger charge is -2.22. The van der Waals surface area contributed by atoms with Crippen LogP contribution in [0.15, 0.2) is 24.3 Å². The summed E-state index contributed by atoms with van der Waals surface area (Å²) in [5.74, 6) is 1.01. The van der Waals surface area contributed by atoms with E-state index in [1.54, 1.807) is 0 Å². The lowest BCUT2D eigenvalue weighted by Crippen LogP contribution is -2.19. The van der Waals surface area contributed by atoms with Crippen molar-refractivity contribution in [2.45, 2.75) is 40.0 Å². The van der Waals surface area contributed by atoms with Gasteiger partial charge in [-0.15, -0.1) is 0 Å². The largest absolute Gasteiger partial charge is 0.396 e. The van der Waals surface area contributed by atoms with E-state index in [-0.39, 0.29) is 0 Å². The molecular formula is C15H24O. The Bertz CT molecular complexity index is 306. The smallest absolute Gasteiger partial charge is 0.0465 e. The maximum Gasteiger partial charge on any atom is 0.0465 e. The van der Waals surface area contributed by atoms with Gasteiger partial charge in [0.1, 0.15) is 0 Å². The Kier molecular flexibility index (Phi) is 5.54. The number of aliphatic hydroxyl groups excluding tert-OH is 1. The Balaban J connectivity index is 2.66. The molecule has 1 aromatic rings. The van der Waals surface area contributed by atoms with E-state index >= 15 is 0 Å². The second-order valence-electron chi connectivity index (χ2n) is 4.84. The Morgan fingerprint density at radius 3 is 2.50 bits per heavy atom. The lowest BCUT2D eigenvalue weighted by molar-refractivity contribution is 0.176. The fraction of sp³-hybridized carbons (Fsp3) is 0.600. The molecule has 0 aliphatic heterocycles. The van der Waals surface area contributed by atoms with Crippen LogP contribution in [0.4, 0.5) is 0 Å². The van der Waals surface area contributed by atoms with Gasteiger partial charge in [-0.05, 0) is 36.3 Å². The Hall–Kier alpha value is -0.820. The molecular weight excluding hydrogens is 196 g/mol. The summed E-state index contributed by atoms with van der Waals surface area (Å²) in [6.45, 7) is 6.91. The average molecular weight is 220 g/mol. The van der Waals surface area contributed by atoms with E-state index in [0.717, 1.165) is 6.42 Å². The minimum absolute atomic E-state index is 0.301. The Labute approximate surface area is 99.5 Å². The van der Waals surface area contributed by atoms with Crippen LogP contribution < -0.4 is 0 Å². The highest BCUT2D eigenvalue weighted by molar-refractivity contribution is 5.26. The van der Waals surface area contributed by atoms with Crippen LogP contribution >= 0.6 is 0 Å². The number of aryl methyl sites for hydroxylation is 1. The van der Waals surface area contributed by atoms with Crippen molar-refractivity contribution in [3.05, 3.63) is 35.4 Å². The zero-order chi connectivity index (χ0) is 12.0. The van der Waals surface area contributed by atoms with Crippen molar-refractivity contribution < 1.29 is 5.11 Å². The third-order valence-electron chi connectivity index (χ3n) is 3.53. The van der Waals surface area contributed by atoms with Crippen LogP contribution in [0.2, 0.25) is 0 Å². The molecule has 0 aliphatic carbocycles. The molecule has 0 bridgehead atoms. The van der Waals surface area contributed by atoms with Gasteiger partial charge in [0.15, 0.2) is 0 Å². The van der Waals surface area contributed by atoms with Crippen LogP contribution in [0, 0.1) is 18.8 Å². The first-order valence-electron chi connectivity index (χ1n) is 6.34. The van der Waals surface area contributed by atoms with E-state index in [2.05, 4.69) is 45.0 Å². The molecule has 1 rings (SSSR count). The number of hydrogen-bond acceptors (Lipinski definition) is 1. The SMILES string of the molecule is CCCC(C)C(CO)Cc1ccccc1C. The molecule has 0 aliphatic rings. The summed E-state index contributed by atoms with van der Waals surface area (Å²) in [7, 11) is 0. The highest BCUT2D eigenvalue weighted by Crippen LogP contribution is 2.22. The second-order valence-corrected chi connectivity index (χ2v) is 4.84. The van der Waals surface area contributed by atoms with Gasteiger partial charge in [0.25, 0.3) is 0 Å². The molecule has 0 aromatic heterocycles. The van der Waals surface area contributed by atoms with Gasteiger partial charge in [0, 0.05) is 6.61 Å². The first kappa shape index (κ1) is 13.2. The molecule has 0 saturated carbocycles. The van der Waals surface area contributed by atoms with Gasteiger partial charge < -0.3 is 5.11 Å². The van der Waals surface area contributed by atoms with Crippen LogP contribution in [0.25, 0.3) is 0 Å². The highest BCUT2D eigenvalue weighted by atomic mass is 16.3. The summed E-state index contributed by atoms with van der Waals surface area (Å²) < 4.78 is 0. The Morgan fingerprint density at radius 2 is 1.94 bits per heavy atom. The van der Waals surface area contributed by atoms with Crippen molar-refractivity contribution in [1.29, 1.82) is 0 Å². The van der Waals surface area contributed by atoms with Gasteiger partial charge >= 0.3 is 0 Å². The van der Waals surface area contributed by atoms with Crippen LogP contribution in [0.1, 0.15) is 37.8 Å². The van der Waals surface area contributed by atoms with Crippen LogP contribution in [0.3, 0.4) is 0 Å². The van der Waals surface area contributed by atoms with Gasteiger partial charge in [-0.1, -0.05) is 51.0 Å². The average Bonchev–Trinajstić information content (AvgIpc) is 2.28. The van der Waals surface area contributed by atoms with E-state index in [4.69, 9.17) is 0 Å². The van der Waals surface area contributed by atoms with Gasteiger partial charge in [-0.2, -0.15) is 0 Å². The van der Waals surface area contributed by atoms with E-state index in [0.29, 0.717) is 18.4 Å². The number of hydrogen-bond donors (Lipinski definition) is 1. The summed E-state index contributed by atoms with van der Waals surface area (Å²) in [6, 6.07) is 8.48. The summed E-state index contributed by atoms with van der Waals surface area (Å²) in [5, 5.41) is 9.48. The molecule has 0 radical (unpaired) electrons. The molecule has 1 N–H and O–H groups in total. The third kappa shape index (κ3) is 3.64. The predicted molar refractivity (Wildman–Crippen MR) is 69.5 cm³/mol. The molecule has 2 atom stereocenters. The Morgan fingerprint density at radius 1 is 1.25 bits per heavy atom. The molecule has 0 fully saturated rings. The lowest BCUT2D eigenvalue weighted by atomic mass is 9.85. The van der Waals surface area contributed by atoms with Crippen molar-refractivity contribution in [3.63, 3.8) is 0 Å². The van der Waals surface area contributed by atoms with Gasteiger partial charge in [0.05, 0.1) is 0 Å². The molecule has 0 saturated heterocycles. The van der Waals surface area contributed by atoms with Crippen LogP contribution in [-0.4, -0.2) is 11.7 Å². The molecule has 2 unspecified atom stereocenters. The molecule has 0 amide bonds. The molecule has 16 heavy (non-hydrogen) atoms. The van der Waals surface area contributed by atoms with Gasteiger partial charge in [-0.25, -0.2) is 0 Å². The zero-order valence-electron chi connectivity index (χ0n) is 10.7. The number of rotatable bonds is 6. The van der Waals surface area contributed by atoms with Crippen molar-refractivity contribution >= 4 is 0 Å². The van der Waals surface area contributed by atoms with Crippen LogP contribution in [-0.2, 0) is 6.42 Å². The fourth-order valence-corrected chi connectivity index (χ4v) is 2.26. The number of aliphatic hydroxyl groups is 1. The van der Waals surface area contributed by atoms with Gasteiger partial charge in [0.2, 0.25) is 0 Å². The standard InChI is InChI=1S/C15H24O/c1-4-7-12(2)15(11-16)10-14-9-6-5-8-13(14)3/h5-6,8-9,12,15-16H,4,7,10-11H2,1-3H3. The number of benzene rings is 1. The molecule has 1 nitrogen and oxygen atoms in total. The van der Waals surface area contributed by atoms with Crippen molar-refractivity contribution in [2.75, 3.05) is 6.61 Å². The van der Waals surface area contributed by atoms with Crippen molar-refractivity contribution in [3.8, 4) is 0 Å². The molecule has 90 valence electrons. The minimum atomic E-state index is 0.301. The predicted octanol–water partition coefficient (Wildman–Crippen LogP) is 3.58. The van der Waals surface area contributed by atoms with E-state index in [1.807, 2.05) is 0 Å². The highest BCUT2D eigenvalue weighted by Gasteiger charge is 2.16.